The first kappa shape index (κ1) is 20.4. The summed E-state index contributed by atoms with van der Waals surface area (Å²) in [7, 11) is 1.73. The summed E-state index contributed by atoms with van der Waals surface area (Å²) >= 11 is 0. The molecule has 2 atom stereocenters. The summed E-state index contributed by atoms with van der Waals surface area (Å²) < 4.78 is 16.4. The molecule has 0 amide bonds. The molecule has 1 aliphatic carbocycles. The normalized spacial score (nSPS) is 21.3. The van der Waals surface area contributed by atoms with Crippen molar-refractivity contribution < 1.29 is 9.50 Å². The van der Waals surface area contributed by atoms with Gasteiger partial charge in [-0.05, 0) is 56.4 Å². The van der Waals surface area contributed by atoms with Gasteiger partial charge in [0.2, 0.25) is 0 Å². The average Bonchev–Trinajstić information content (AvgIpc) is 3.56. The van der Waals surface area contributed by atoms with E-state index in [1.54, 1.807) is 24.0 Å². The smallest absolute Gasteiger partial charge is 0.193 e. The number of aromatic hydroxyl groups is 1. The zero-order valence-corrected chi connectivity index (χ0v) is 19.0. The molecule has 0 bridgehead atoms. The maximum absolute atomic E-state index is 14.9. The molecule has 4 heterocycles. The van der Waals surface area contributed by atoms with Crippen molar-refractivity contribution >= 4 is 27.6 Å². The van der Waals surface area contributed by atoms with Crippen LogP contribution < -0.4 is 10.2 Å². The molecule has 0 radical (unpaired) electrons. The minimum atomic E-state index is -0.719. The van der Waals surface area contributed by atoms with Crippen molar-refractivity contribution in [3.63, 3.8) is 0 Å². The molecular weight excluding hydrogens is 419 g/mol. The SMILES string of the molecule is C[C@@H]1CN(c2cnc3nc(-c4cc5cn(C)nc5c(F)c4O)cc(C4CC4)c3c2)C[C@H](C)N1. The Hall–Kier alpha value is -3.26. The number of hydrogen-bond acceptors (Lipinski definition) is 6. The van der Waals surface area contributed by atoms with Crippen LogP contribution in [0.4, 0.5) is 10.1 Å². The second kappa shape index (κ2) is 7.38. The molecule has 8 heteroatoms. The molecule has 2 fully saturated rings. The minimum Gasteiger partial charge on any atom is -0.504 e. The van der Waals surface area contributed by atoms with E-state index in [0.717, 1.165) is 37.0 Å². The van der Waals surface area contributed by atoms with E-state index in [-0.39, 0.29) is 5.52 Å². The highest BCUT2D eigenvalue weighted by Crippen LogP contribution is 2.45. The van der Waals surface area contributed by atoms with Crippen molar-refractivity contribution in [3.8, 4) is 17.0 Å². The van der Waals surface area contributed by atoms with Gasteiger partial charge in [-0.25, -0.2) is 14.4 Å². The molecule has 1 saturated heterocycles. The van der Waals surface area contributed by atoms with Crippen molar-refractivity contribution in [1.29, 1.82) is 0 Å². The van der Waals surface area contributed by atoms with Gasteiger partial charge in [-0.15, -0.1) is 0 Å². The maximum atomic E-state index is 14.9. The van der Waals surface area contributed by atoms with Crippen LogP contribution >= 0.6 is 0 Å². The monoisotopic (exact) mass is 446 g/mol. The molecule has 1 saturated carbocycles. The second-order valence-corrected chi connectivity index (χ2v) is 9.64. The predicted molar refractivity (Wildman–Crippen MR) is 127 cm³/mol. The van der Waals surface area contributed by atoms with Crippen molar-refractivity contribution in [2.45, 2.75) is 44.7 Å². The van der Waals surface area contributed by atoms with Crippen LogP contribution in [0.2, 0.25) is 0 Å². The van der Waals surface area contributed by atoms with E-state index >= 15 is 0 Å². The third-order valence-electron chi connectivity index (χ3n) is 6.73. The van der Waals surface area contributed by atoms with E-state index in [9.17, 15) is 9.50 Å². The summed E-state index contributed by atoms with van der Waals surface area (Å²) in [6, 6.07) is 6.78. The number of aromatic nitrogens is 4. The summed E-state index contributed by atoms with van der Waals surface area (Å²) in [6.45, 7) is 6.26. The van der Waals surface area contributed by atoms with E-state index in [2.05, 4.69) is 35.2 Å². The zero-order chi connectivity index (χ0) is 22.9. The standard InChI is InChI=1S/C25H27FN6O/c1-13-10-32(11-14(2)28-13)17-7-19-18(15-4-5-15)8-21(29-25(19)27-9-17)20-6-16-12-31(3)30-23(16)22(26)24(20)33/h6-9,12-15,28,33H,4-5,10-11H2,1-3H3/t13-,14+. The summed E-state index contributed by atoms with van der Waals surface area (Å²) in [5.74, 6) is -0.695. The van der Waals surface area contributed by atoms with Gasteiger partial charge in [-0.2, -0.15) is 5.10 Å². The zero-order valence-electron chi connectivity index (χ0n) is 19.0. The molecule has 1 aliphatic heterocycles. The Balaban J connectivity index is 1.49. The van der Waals surface area contributed by atoms with Crippen LogP contribution in [0.3, 0.4) is 0 Å². The Morgan fingerprint density at radius 2 is 1.88 bits per heavy atom. The number of hydrogen-bond donors (Lipinski definition) is 2. The second-order valence-electron chi connectivity index (χ2n) is 9.64. The fourth-order valence-electron chi connectivity index (χ4n) is 5.13. The molecule has 2 N–H and O–H groups in total. The fraction of sp³-hybridized carbons (Fsp3) is 0.400. The highest BCUT2D eigenvalue weighted by atomic mass is 19.1. The lowest BCUT2D eigenvalue weighted by molar-refractivity contribution is 0.407. The van der Waals surface area contributed by atoms with Gasteiger partial charge in [0.1, 0.15) is 5.52 Å². The summed E-state index contributed by atoms with van der Waals surface area (Å²) in [5.41, 5.74) is 3.96. The number of nitrogens with one attached hydrogen (secondary N) is 1. The molecule has 3 aromatic heterocycles. The van der Waals surface area contributed by atoms with Crippen LogP contribution in [0, 0.1) is 5.82 Å². The Kier molecular flexibility index (Phi) is 4.55. The van der Waals surface area contributed by atoms with E-state index in [1.807, 2.05) is 12.3 Å². The number of pyridine rings is 2. The molecule has 0 spiro atoms. The fourth-order valence-corrected chi connectivity index (χ4v) is 5.13. The first-order chi connectivity index (χ1) is 15.9. The van der Waals surface area contributed by atoms with E-state index in [1.165, 1.54) is 5.56 Å². The van der Waals surface area contributed by atoms with Gasteiger partial charge >= 0.3 is 0 Å². The van der Waals surface area contributed by atoms with Crippen LogP contribution in [0.25, 0.3) is 33.2 Å². The third-order valence-corrected chi connectivity index (χ3v) is 6.73. The van der Waals surface area contributed by atoms with Gasteiger partial charge in [0.15, 0.2) is 17.2 Å². The summed E-state index contributed by atoms with van der Waals surface area (Å²) in [6.07, 6.45) is 5.86. The van der Waals surface area contributed by atoms with Crippen LogP contribution in [0.5, 0.6) is 5.75 Å². The number of rotatable bonds is 3. The number of nitrogens with zero attached hydrogens (tertiary/aromatic N) is 5. The number of benzene rings is 1. The van der Waals surface area contributed by atoms with Gasteiger partial charge in [-0.1, -0.05) is 0 Å². The lowest BCUT2D eigenvalue weighted by Crippen LogP contribution is -2.54. The topological polar surface area (TPSA) is 79.1 Å². The number of halogens is 1. The number of anilines is 1. The molecule has 0 unspecified atom stereocenters. The molecule has 4 aromatic rings. The Morgan fingerprint density at radius 3 is 2.61 bits per heavy atom. The van der Waals surface area contributed by atoms with E-state index in [0.29, 0.717) is 40.3 Å². The van der Waals surface area contributed by atoms with Crippen molar-refractivity contribution in [2.75, 3.05) is 18.0 Å². The summed E-state index contributed by atoms with van der Waals surface area (Å²) in [5, 5.41) is 20.0. The van der Waals surface area contributed by atoms with Crippen molar-refractivity contribution in [3.05, 3.63) is 42.0 Å². The summed E-state index contributed by atoms with van der Waals surface area (Å²) in [4.78, 5) is 11.8. The number of aryl methyl sites for hydroxylation is 1. The Bertz CT molecular complexity index is 1390. The minimum absolute atomic E-state index is 0.157. The third kappa shape index (κ3) is 3.49. The Labute approximate surface area is 191 Å². The molecule has 2 aliphatic rings. The first-order valence-corrected chi connectivity index (χ1v) is 11.5. The number of piperazine rings is 1. The van der Waals surface area contributed by atoms with Gasteiger partial charge < -0.3 is 15.3 Å². The molecule has 170 valence electrons. The highest BCUT2D eigenvalue weighted by Gasteiger charge is 2.29. The van der Waals surface area contributed by atoms with Crippen molar-refractivity contribution in [1.82, 2.24) is 25.1 Å². The predicted octanol–water partition coefficient (Wildman–Crippen LogP) is 4.09. The molecule has 6 rings (SSSR count). The molecule has 1 aromatic carbocycles. The van der Waals surface area contributed by atoms with Crippen molar-refractivity contribution in [2.24, 2.45) is 7.05 Å². The van der Waals surface area contributed by atoms with Crippen LogP contribution in [-0.4, -0.2) is 50.0 Å². The largest absolute Gasteiger partial charge is 0.504 e. The first-order valence-electron chi connectivity index (χ1n) is 11.5. The number of phenolic OH excluding ortho intramolecular Hbond substituents is 1. The maximum Gasteiger partial charge on any atom is 0.193 e. The van der Waals surface area contributed by atoms with Gasteiger partial charge in [0, 0.05) is 54.8 Å². The lowest BCUT2D eigenvalue weighted by atomic mass is 10.0. The van der Waals surface area contributed by atoms with Gasteiger partial charge in [-0.3, -0.25) is 4.68 Å². The molecule has 33 heavy (non-hydrogen) atoms. The van der Waals surface area contributed by atoms with Gasteiger partial charge in [0.25, 0.3) is 0 Å². The van der Waals surface area contributed by atoms with E-state index in [4.69, 9.17) is 9.97 Å². The Morgan fingerprint density at radius 1 is 1.12 bits per heavy atom. The van der Waals surface area contributed by atoms with Crippen LogP contribution in [0.15, 0.2) is 30.6 Å². The van der Waals surface area contributed by atoms with Crippen LogP contribution in [0.1, 0.15) is 38.2 Å². The average molecular weight is 447 g/mol. The van der Waals surface area contributed by atoms with E-state index < -0.39 is 11.6 Å². The van der Waals surface area contributed by atoms with Gasteiger partial charge in [0.05, 0.1) is 17.6 Å². The number of fused-ring (bicyclic) bond motifs is 2. The number of phenols is 1. The quantitative estimate of drug-likeness (QED) is 0.494. The highest BCUT2D eigenvalue weighted by molar-refractivity contribution is 5.91. The molecular formula is C25H27FN6O. The lowest BCUT2D eigenvalue weighted by Gasteiger charge is -2.37. The molecule has 7 nitrogen and oxygen atoms in total. The van der Waals surface area contributed by atoms with Crippen LogP contribution in [-0.2, 0) is 7.05 Å².